The van der Waals surface area contributed by atoms with Gasteiger partial charge in [-0.2, -0.15) is 0 Å². The highest BCUT2D eigenvalue weighted by atomic mass is 16.5. The van der Waals surface area contributed by atoms with Crippen LogP contribution in [0.15, 0.2) is 78.9 Å². The van der Waals surface area contributed by atoms with Gasteiger partial charge in [0.05, 0.1) is 19.3 Å². The largest absolute Gasteiger partial charge is 0.497 e. The number of ether oxygens (including phenoxy) is 2. The molecule has 2 heterocycles. The predicted molar refractivity (Wildman–Crippen MR) is 143 cm³/mol. The molecular weight excluding hydrogens is 448 g/mol. The van der Waals surface area contributed by atoms with Crippen molar-refractivity contribution >= 4 is 17.3 Å². The Kier molecular flexibility index (Phi) is 5.41. The Balaban J connectivity index is 1.34. The zero-order chi connectivity index (χ0) is 24.8. The van der Waals surface area contributed by atoms with Crippen LogP contribution in [0, 0.1) is 13.8 Å². The van der Waals surface area contributed by atoms with Gasteiger partial charge in [0.25, 0.3) is 0 Å². The molecule has 0 aliphatic carbocycles. The number of aryl methyl sites for hydroxylation is 2. The van der Waals surface area contributed by atoms with Crippen molar-refractivity contribution in [3.05, 3.63) is 107 Å². The smallest absolute Gasteiger partial charge is 0.344 e. The maximum Gasteiger partial charge on any atom is 0.344 e. The van der Waals surface area contributed by atoms with E-state index >= 15 is 0 Å². The highest BCUT2D eigenvalue weighted by molar-refractivity contribution is 5.99. The Bertz CT molecular complexity index is 1480. The van der Waals surface area contributed by atoms with Gasteiger partial charge in [0.2, 0.25) is 0 Å². The molecule has 0 spiro atoms. The SMILES string of the molecule is COc1ccc(OC(=O)c2cccc(C)c2-c2ccc3c(c2)CN2CN3Cc3cc(C)ccc32)cc1. The average molecular weight is 477 g/mol. The Morgan fingerprint density at radius 3 is 2.17 bits per heavy atom. The van der Waals surface area contributed by atoms with Crippen molar-refractivity contribution in [3.8, 4) is 22.6 Å². The first-order chi connectivity index (χ1) is 17.5. The summed E-state index contributed by atoms with van der Waals surface area (Å²) in [7, 11) is 1.61. The molecule has 2 bridgehead atoms. The molecule has 2 aliphatic rings. The van der Waals surface area contributed by atoms with E-state index < -0.39 is 0 Å². The first-order valence-electron chi connectivity index (χ1n) is 12.2. The van der Waals surface area contributed by atoms with Crippen LogP contribution in [-0.2, 0) is 13.1 Å². The number of esters is 1. The molecule has 5 heteroatoms. The fourth-order valence-electron chi connectivity index (χ4n) is 5.39. The van der Waals surface area contributed by atoms with Crippen molar-refractivity contribution in [3.63, 3.8) is 0 Å². The lowest BCUT2D eigenvalue weighted by Crippen LogP contribution is -2.46. The van der Waals surface area contributed by atoms with Gasteiger partial charge < -0.3 is 19.3 Å². The maximum atomic E-state index is 13.3. The summed E-state index contributed by atoms with van der Waals surface area (Å²) < 4.78 is 10.9. The van der Waals surface area contributed by atoms with Gasteiger partial charge in [0.1, 0.15) is 11.5 Å². The zero-order valence-electron chi connectivity index (χ0n) is 20.7. The van der Waals surface area contributed by atoms with Crippen molar-refractivity contribution in [2.45, 2.75) is 26.9 Å². The summed E-state index contributed by atoms with van der Waals surface area (Å²) in [5, 5.41) is 0. The van der Waals surface area contributed by atoms with Gasteiger partial charge in [-0.15, -0.1) is 0 Å². The zero-order valence-corrected chi connectivity index (χ0v) is 20.7. The van der Waals surface area contributed by atoms with E-state index in [-0.39, 0.29) is 5.97 Å². The summed E-state index contributed by atoms with van der Waals surface area (Å²) in [6.07, 6.45) is 0. The summed E-state index contributed by atoms with van der Waals surface area (Å²) in [5.41, 5.74) is 10.0. The van der Waals surface area contributed by atoms with Crippen LogP contribution < -0.4 is 19.3 Å². The molecule has 0 amide bonds. The summed E-state index contributed by atoms with van der Waals surface area (Å²) >= 11 is 0. The summed E-state index contributed by atoms with van der Waals surface area (Å²) in [4.78, 5) is 18.1. The maximum absolute atomic E-state index is 13.3. The van der Waals surface area contributed by atoms with E-state index in [0.29, 0.717) is 17.1 Å². The Labute approximate surface area is 211 Å². The van der Waals surface area contributed by atoms with Crippen molar-refractivity contribution in [2.75, 3.05) is 23.6 Å². The minimum absolute atomic E-state index is 0.370. The number of nitrogens with zero attached hydrogens (tertiary/aromatic N) is 2. The standard InChI is InChI=1S/C31H28N2O3/c1-20-7-13-28-23(15-20)17-32-19-33(28)18-24-16-22(8-14-29(24)32)30-21(2)5-4-6-27(30)31(34)36-26-11-9-25(35-3)10-12-26/h4-16H,17-19H2,1-3H3. The van der Waals surface area contributed by atoms with Gasteiger partial charge in [0, 0.05) is 24.5 Å². The monoisotopic (exact) mass is 476 g/mol. The van der Waals surface area contributed by atoms with Gasteiger partial charge in [-0.1, -0.05) is 35.9 Å². The quantitative estimate of drug-likeness (QED) is 0.249. The van der Waals surface area contributed by atoms with Gasteiger partial charge in [-0.3, -0.25) is 0 Å². The number of rotatable bonds is 4. The van der Waals surface area contributed by atoms with Crippen molar-refractivity contribution in [2.24, 2.45) is 0 Å². The van der Waals surface area contributed by atoms with Crippen molar-refractivity contribution in [1.29, 1.82) is 0 Å². The van der Waals surface area contributed by atoms with E-state index in [1.54, 1.807) is 31.4 Å². The second-order valence-corrected chi connectivity index (χ2v) is 9.58. The van der Waals surface area contributed by atoms with E-state index in [0.717, 1.165) is 36.4 Å². The number of hydrogen-bond acceptors (Lipinski definition) is 5. The van der Waals surface area contributed by atoms with Gasteiger partial charge in [0.15, 0.2) is 0 Å². The van der Waals surface area contributed by atoms with Crippen LogP contribution in [0.25, 0.3) is 11.1 Å². The van der Waals surface area contributed by atoms with E-state index in [9.17, 15) is 4.79 Å². The first-order valence-corrected chi connectivity index (χ1v) is 12.2. The van der Waals surface area contributed by atoms with Crippen LogP contribution in [0.4, 0.5) is 11.4 Å². The molecule has 0 aromatic heterocycles. The lowest BCUT2D eigenvalue weighted by Gasteiger charge is -2.45. The third-order valence-electron chi connectivity index (χ3n) is 7.11. The van der Waals surface area contributed by atoms with Gasteiger partial charge >= 0.3 is 5.97 Å². The van der Waals surface area contributed by atoms with Crippen LogP contribution in [0.2, 0.25) is 0 Å². The molecule has 6 rings (SSSR count). The number of hydrogen-bond donors (Lipinski definition) is 0. The number of methoxy groups -OCH3 is 1. The molecule has 180 valence electrons. The average Bonchev–Trinajstić information content (AvgIpc) is 2.88. The fourth-order valence-corrected chi connectivity index (χ4v) is 5.39. The normalized spacial score (nSPS) is 13.6. The third kappa shape index (κ3) is 3.87. The third-order valence-corrected chi connectivity index (χ3v) is 7.11. The molecule has 0 radical (unpaired) electrons. The predicted octanol–water partition coefficient (Wildman–Crippen LogP) is 6.50. The molecule has 0 atom stereocenters. The molecule has 0 saturated heterocycles. The Morgan fingerprint density at radius 2 is 1.44 bits per heavy atom. The lowest BCUT2D eigenvalue weighted by molar-refractivity contribution is 0.0735. The number of fused-ring (bicyclic) bond motifs is 6. The molecule has 0 fully saturated rings. The van der Waals surface area contributed by atoms with E-state index in [1.165, 1.54) is 28.1 Å². The molecule has 36 heavy (non-hydrogen) atoms. The molecule has 0 saturated carbocycles. The molecule has 0 unspecified atom stereocenters. The molecule has 2 aliphatic heterocycles. The summed E-state index contributed by atoms with van der Waals surface area (Å²) in [6.45, 7) is 6.83. The second kappa shape index (κ2) is 8.76. The highest BCUT2D eigenvalue weighted by Gasteiger charge is 2.30. The molecule has 5 nitrogen and oxygen atoms in total. The number of carbonyl (C=O) groups is 1. The Morgan fingerprint density at radius 1 is 0.778 bits per heavy atom. The van der Waals surface area contributed by atoms with Crippen LogP contribution in [0.3, 0.4) is 0 Å². The highest BCUT2D eigenvalue weighted by Crippen LogP contribution is 2.40. The van der Waals surface area contributed by atoms with E-state index in [4.69, 9.17) is 9.47 Å². The number of anilines is 2. The Hall–Kier alpha value is -4.25. The summed E-state index contributed by atoms with van der Waals surface area (Å²) in [6, 6.07) is 26.1. The van der Waals surface area contributed by atoms with Crippen molar-refractivity contribution < 1.29 is 14.3 Å². The van der Waals surface area contributed by atoms with Gasteiger partial charge in [-0.25, -0.2) is 4.79 Å². The van der Waals surface area contributed by atoms with Crippen molar-refractivity contribution in [1.82, 2.24) is 0 Å². The molecule has 4 aromatic rings. The minimum atomic E-state index is -0.370. The fraction of sp³-hybridized carbons (Fsp3) is 0.194. The molecule has 4 aromatic carbocycles. The lowest BCUT2D eigenvalue weighted by atomic mass is 9.92. The topological polar surface area (TPSA) is 42.0 Å². The molecule has 0 N–H and O–H groups in total. The van der Waals surface area contributed by atoms with Crippen LogP contribution in [0.5, 0.6) is 11.5 Å². The van der Waals surface area contributed by atoms with Crippen LogP contribution >= 0.6 is 0 Å². The number of carbonyl (C=O) groups excluding carboxylic acids is 1. The summed E-state index contributed by atoms with van der Waals surface area (Å²) in [5.74, 6) is 0.834. The van der Waals surface area contributed by atoms with Gasteiger partial charge in [-0.05, 0) is 90.2 Å². The molecular formula is C31H28N2O3. The minimum Gasteiger partial charge on any atom is -0.497 e. The van der Waals surface area contributed by atoms with Crippen LogP contribution in [-0.4, -0.2) is 19.7 Å². The first kappa shape index (κ1) is 22.2. The van der Waals surface area contributed by atoms with E-state index in [2.05, 4.69) is 53.1 Å². The number of benzene rings is 4. The van der Waals surface area contributed by atoms with Crippen LogP contribution in [0.1, 0.15) is 32.6 Å². The second-order valence-electron chi connectivity index (χ2n) is 9.58. The van der Waals surface area contributed by atoms with E-state index in [1.807, 2.05) is 25.1 Å².